The second-order valence-electron chi connectivity index (χ2n) is 4.61. The Bertz CT molecular complexity index is 590. The van der Waals surface area contributed by atoms with Gasteiger partial charge in [-0.05, 0) is 31.5 Å². The standard InChI is InChI=1S/C12H14FN5O/c1-12(2,8-3-5-9(13)6-4-8)16-11(19)18-7-15-10(14)17-18/h3-7H,1-2H3,(H2,14,17)(H,16,19). The number of rotatable bonds is 2. The molecular weight excluding hydrogens is 249 g/mol. The van der Waals surface area contributed by atoms with E-state index >= 15 is 0 Å². The molecule has 3 N–H and O–H groups in total. The summed E-state index contributed by atoms with van der Waals surface area (Å²) in [7, 11) is 0. The van der Waals surface area contributed by atoms with Crippen molar-refractivity contribution in [1.29, 1.82) is 0 Å². The van der Waals surface area contributed by atoms with Gasteiger partial charge < -0.3 is 11.1 Å². The molecule has 19 heavy (non-hydrogen) atoms. The van der Waals surface area contributed by atoms with E-state index in [0.29, 0.717) is 0 Å². The second kappa shape index (κ2) is 4.68. The predicted molar refractivity (Wildman–Crippen MR) is 67.8 cm³/mol. The molecule has 0 atom stereocenters. The van der Waals surface area contributed by atoms with E-state index in [2.05, 4.69) is 15.4 Å². The minimum atomic E-state index is -0.675. The lowest BCUT2D eigenvalue weighted by molar-refractivity contribution is 0.228. The van der Waals surface area contributed by atoms with Crippen molar-refractivity contribution < 1.29 is 9.18 Å². The molecule has 100 valence electrons. The average molecular weight is 263 g/mol. The van der Waals surface area contributed by atoms with E-state index in [0.717, 1.165) is 10.2 Å². The van der Waals surface area contributed by atoms with Crippen molar-refractivity contribution in [3.05, 3.63) is 42.0 Å². The summed E-state index contributed by atoms with van der Waals surface area (Å²) in [6.45, 7) is 3.61. The minimum absolute atomic E-state index is 0.0229. The van der Waals surface area contributed by atoms with Gasteiger partial charge in [-0.1, -0.05) is 12.1 Å². The largest absolute Gasteiger partial charge is 0.366 e. The maximum atomic E-state index is 12.9. The predicted octanol–water partition coefficient (Wildman–Crippen LogP) is 1.49. The zero-order valence-electron chi connectivity index (χ0n) is 10.6. The summed E-state index contributed by atoms with van der Waals surface area (Å²) >= 11 is 0. The van der Waals surface area contributed by atoms with Gasteiger partial charge >= 0.3 is 6.03 Å². The van der Waals surface area contributed by atoms with Crippen LogP contribution in [0.2, 0.25) is 0 Å². The topological polar surface area (TPSA) is 85.8 Å². The van der Waals surface area contributed by atoms with Crippen molar-refractivity contribution in [3.8, 4) is 0 Å². The number of anilines is 1. The van der Waals surface area contributed by atoms with Crippen LogP contribution >= 0.6 is 0 Å². The lowest BCUT2D eigenvalue weighted by atomic mass is 9.94. The van der Waals surface area contributed by atoms with E-state index in [-0.39, 0.29) is 11.8 Å². The van der Waals surface area contributed by atoms with E-state index in [9.17, 15) is 9.18 Å². The normalized spacial score (nSPS) is 11.3. The lowest BCUT2D eigenvalue weighted by Gasteiger charge is -2.26. The van der Waals surface area contributed by atoms with E-state index in [1.165, 1.54) is 18.5 Å². The van der Waals surface area contributed by atoms with E-state index in [1.807, 2.05) is 0 Å². The quantitative estimate of drug-likeness (QED) is 0.859. The average Bonchev–Trinajstić information content (AvgIpc) is 2.76. The summed E-state index contributed by atoms with van der Waals surface area (Å²) < 4.78 is 13.9. The number of nitrogens with two attached hydrogens (primary N) is 1. The highest BCUT2D eigenvalue weighted by atomic mass is 19.1. The van der Waals surface area contributed by atoms with Gasteiger partial charge in [-0.3, -0.25) is 0 Å². The molecule has 1 aromatic carbocycles. The van der Waals surface area contributed by atoms with Gasteiger partial charge in [0, 0.05) is 0 Å². The van der Waals surface area contributed by atoms with Crippen LogP contribution in [0.25, 0.3) is 0 Å². The summed E-state index contributed by atoms with van der Waals surface area (Å²) in [5.41, 5.74) is 5.44. The molecule has 6 nitrogen and oxygen atoms in total. The monoisotopic (exact) mass is 263 g/mol. The Morgan fingerprint density at radius 2 is 2.00 bits per heavy atom. The van der Waals surface area contributed by atoms with Crippen molar-refractivity contribution in [3.63, 3.8) is 0 Å². The molecule has 0 spiro atoms. The fraction of sp³-hybridized carbons (Fsp3) is 0.250. The Morgan fingerprint density at radius 3 is 2.53 bits per heavy atom. The number of amides is 1. The molecule has 0 bridgehead atoms. The first-order valence-corrected chi connectivity index (χ1v) is 5.64. The van der Waals surface area contributed by atoms with E-state index in [1.54, 1.807) is 26.0 Å². The van der Waals surface area contributed by atoms with Gasteiger partial charge in [-0.25, -0.2) is 14.2 Å². The van der Waals surface area contributed by atoms with Gasteiger partial charge in [0.1, 0.15) is 12.1 Å². The third-order valence-electron chi connectivity index (χ3n) is 2.70. The first kappa shape index (κ1) is 13.0. The zero-order valence-corrected chi connectivity index (χ0v) is 10.6. The van der Waals surface area contributed by atoms with Crippen LogP contribution in [-0.2, 0) is 5.54 Å². The second-order valence-corrected chi connectivity index (χ2v) is 4.61. The summed E-state index contributed by atoms with van der Waals surface area (Å²) in [5, 5.41) is 6.48. The van der Waals surface area contributed by atoms with Crippen LogP contribution in [0.5, 0.6) is 0 Å². The van der Waals surface area contributed by atoms with Crippen molar-refractivity contribution in [1.82, 2.24) is 20.1 Å². The molecule has 0 fully saturated rings. The molecule has 0 saturated heterocycles. The van der Waals surface area contributed by atoms with Gasteiger partial charge in [-0.2, -0.15) is 4.68 Å². The number of aromatic nitrogens is 3. The van der Waals surface area contributed by atoms with Crippen LogP contribution < -0.4 is 11.1 Å². The van der Waals surface area contributed by atoms with Crippen LogP contribution in [0.15, 0.2) is 30.6 Å². The fourth-order valence-electron chi connectivity index (χ4n) is 1.64. The Kier molecular flexibility index (Phi) is 3.20. The Balaban J connectivity index is 2.17. The molecule has 0 radical (unpaired) electrons. The zero-order chi connectivity index (χ0) is 14.0. The molecule has 0 unspecified atom stereocenters. The number of benzene rings is 1. The highest BCUT2D eigenvalue weighted by Gasteiger charge is 2.24. The molecule has 2 aromatic rings. The van der Waals surface area contributed by atoms with Crippen LogP contribution in [0.4, 0.5) is 15.1 Å². The number of hydrogen-bond donors (Lipinski definition) is 2. The van der Waals surface area contributed by atoms with Crippen LogP contribution in [0.3, 0.4) is 0 Å². The number of nitrogens with zero attached hydrogens (tertiary/aromatic N) is 3. The van der Waals surface area contributed by atoms with Crippen molar-refractivity contribution in [2.24, 2.45) is 0 Å². The number of carbonyl (C=O) groups excluding carboxylic acids is 1. The Labute approximate surface area is 109 Å². The van der Waals surface area contributed by atoms with Gasteiger partial charge in [-0.15, -0.1) is 5.10 Å². The summed E-state index contributed by atoms with van der Waals surface area (Å²) in [5.74, 6) is -0.301. The SMILES string of the molecule is CC(C)(NC(=O)n1cnc(N)n1)c1ccc(F)cc1. The van der Waals surface area contributed by atoms with Gasteiger partial charge in [0.15, 0.2) is 0 Å². The summed E-state index contributed by atoms with van der Waals surface area (Å²) in [6.07, 6.45) is 1.23. The minimum Gasteiger partial charge on any atom is -0.366 e. The Morgan fingerprint density at radius 1 is 1.37 bits per heavy atom. The smallest absolute Gasteiger partial charge is 0.344 e. The number of hydrogen-bond acceptors (Lipinski definition) is 4. The summed E-state index contributed by atoms with van der Waals surface area (Å²) in [4.78, 5) is 15.6. The molecule has 1 aromatic heterocycles. The van der Waals surface area contributed by atoms with Crippen molar-refractivity contribution in [2.45, 2.75) is 19.4 Å². The summed E-state index contributed by atoms with van der Waals surface area (Å²) in [6, 6.07) is 5.46. The highest BCUT2D eigenvalue weighted by molar-refractivity contribution is 5.76. The first-order chi connectivity index (χ1) is 8.88. The van der Waals surface area contributed by atoms with Crippen molar-refractivity contribution >= 4 is 12.0 Å². The third kappa shape index (κ3) is 2.87. The third-order valence-corrected chi connectivity index (χ3v) is 2.70. The van der Waals surface area contributed by atoms with E-state index in [4.69, 9.17) is 5.73 Å². The van der Waals surface area contributed by atoms with Crippen molar-refractivity contribution in [2.75, 3.05) is 5.73 Å². The van der Waals surface area contributed by atoms with Crippen LogP contribution in [0, 0.1) is 5.82 Å². The van der Waals surface area contributed by atoms with Crippen LogP contribution in [-0.4, -0.2) is 20.8 Å². The van der Waals surface area contributed by atoms with Gasteiger partial charge in [0.05, 0.1) is 5.54 Å². The molecule has 0 aliphatic rings. The molecule has 0 aliphatic heterocycles. The number of halogens is 1. The fourth-order valence-corrected chi connectivity index (χ4v) is 1.64. The molecular formula is C12H14FN5O. The number of carbonyl (C=O) groups is 1. The molecule has 0 aliphatic carbocycles. The molecule has 1 amide bonds. The van der Waals surface area contributed by atoms with Crippen LogP contribution in [0.1, 0.15) is 19.4 Å². The lowest BCUT2D eigenvalue weighted by Crippen LogP contribution is -2.43. The van der Waals surface area contributed by atoms with Gasteiger partial charge in [0.25, 0.3) is 0 Å². The maximum Gasteiger partial charge on any atom is 0.344 e. The first-order valence-electron chi connectivity index (χ1n) is 5.64. The molecule has 7 heteroatoms. The Hall–Kier alpha value is -2.44. The molecule has 0 saturated carbocycles. The maximum absolute atomic E-state index is 12.9. The number of nitrogen functional groups attached to an aromatic ring is 1. The number of nitrogens with one attached hydrogen (secondary N) is 1. The van der Waals surface area contributed by atoms with Gasteiger partial charge in [0.2, 0.25) is 5.95 Å². The molecule has 1 heterocycles. The highest BCUT2D eigenvalue weighted by Crippen LogP contribution is 2.20. The van der Waals surface area contributed by atoms with E-state index < -0.39 is 11.6 Å². The molecule has 2 rings (SSSR count).